The number of carbonyl (C=O) groups is 1. The van der Waals surface area contributed by atoms with Gasteiger partial charge in [0.25, 0.3) is 0 Å². The first-order valence-corrected chi connectivity index (χ1v) is 11.4. The summed E-state index contributed by atoms with van der Waals surface area (Å²) in [6.07, 6.45) is 1.39. The third-order valence-corrected chi connectivity index (χ3v) is 7.00. The van der Waals surface area contributed by atoms with E-state index in [1.54, 1.807) is 0 Å². The Morgan fingerprint density at radius 3 is 2.50 bits per heavy atom. The van der Waals surface area contributed by atoms with E-state index < -0.39 is 10.0 Å². The van der Waals surface area contributed by atoms with E-state index in [9.17, 15) is 13.2 Å². The maximum Gasteiger partial charge on any atom is 0.228 e. The Morgan fingerprint density at radius 1 is 1.11 bits per heavy atom. The number of piperidine rings is 1. The molecule has 1 amide bonds. The largest absolute Gasteiger partial charge is 0.326 e. The number of para-hydroxylation sites is 1. The van der Waals surface area contributed by atoms with Gasteiger partial charge in [0.2, 0.25) is 15.9 Å². The molecule has 1 atom stereocenters. The van der Waals surface area contributed by atoms with E-state index in [1.807, 2.05) is 54.6 Å². The lowest BCUT2D eigenvalue weighted by Crippen LogP contribution is -2.44. The van der Waals surface area contributed by atoms with Gasteiger partial charge in [-0.15, -0.1) is 0 Å². The Labute approximate surface area is 167 Å². The monoisotopic (exact) mass is 400 g/mol. The van der Waals surface area contributed by atoms with Crippen LogP contribution in [0.3, 0.4) is 0 Å². The number of hydrogen-bond acceptors (Lipinski definition) is 3. The van der Waals surface area contributed by atoms with Crippen molar-refractivity contribution in [2.45, 2.75) is 38.4 Å². The second-order valence-electron chi connectivity index (χ2n) is 7.67. The summed E-state index contributed by atoms with van der Waals surface area (Å²) in [6.45, 7) is 4.89. The molecule has 5 nitrogen and oxygen atoms in total. The molecule has 2 aromatic carbocycles. The SMILES string of the molecule is CC(C)c1ccccc1NC(=O)[C@@H]1CCCN(S(=O)(=O)Cc2ccccc2)C1. The molecule has 2 aromatic rings. The van der Waals surface area contributed by atoms with Crippen molar-refractivity contribution in [3.63, 3.8) is 0 Å². The number of amides is 1. The fourth-order valence-electron chi connectivity index (χ4n) is 3.63. The van der Waals surface area contributed by atoms with E-state index in [2.05, 4.69) is 19.2 Å². The third-order valence-electron chi connectivity index (χ3n) is 5.18. The van der Waals surface area contributed by atoms with Gasteiger partial charge in [-0.25, -0.2) is 12.7 Å². The van der Waals surface area contributed by atoms with Crippen LogP contribution in [0.1, 0.15) is 43.7 Å². The van der Waals surface area contributed by atoms with Crippen molar-refractivity contribution in [2.24, 2.45) is 5.92 Å². The molecule has 0 saturated carbocycles. The van der Waals surface area contributed by atoms with Gasteiger partial charge in [0, 0.05) is 18.8 Å². The Bertz CT molecular complexity index is 910. The highest BCUT2D eigenvalue weighted by molar-refractivity contribution is 7.88. The Morgan fingerprint density at radius 2 is 1.79 bits per heavy atom. The standard InChI is InChI=1S/C22H28N2O3S/c1-17(2)20-12-6-7-13-21(20)23-22(25)19-11-8-14-24(15-19)28(26,27)16-18-9-4-3-5-10-18/h3-7,9-10,12-13,17,19H,8,11,14-16H2,1-2H3,(H,23,25)/t19-/m1/s1. The number of benzene rings is 2. The summed E-state index contributed by atoms with van der Waals surface area (Å²) in [7, 11) is -3.44. The van der Waals surface area contributed by atoms with Crippen molar-refractivity contribution in [1.82, 2.24) is 4.31 Å². The van der Waals surface area contributed by atoms with Crippen LogP contribution in [-0.4, -0.2) is 31.7 Å². The predicted molar refractivity (Wildman–Crippen MR) is 113 cm³/mol. The lowest BCUT2D eigenvalue weighted by Gasteiger charge is -2.31. The highest BCUT2D eigenvalue weighted by Gasteiger charge is 2.32. The minimum Gasteiger partial charge on any atom is -0.326 e. The van der Waals surface area contributed by atoms with E-state index in [-0.39, 0.29) is 24.1 Å². The van der Waals surface area contributed by atoms with Gasteiger partial charge >= 0.3 is 0 Å². The third kappa shape index (κ3) is 5.00. The summed E-state index contributed by atoms with van der Waals surface area (Å²) in [5, 5.41) is 3.02. The van der Waals surface area contributed by atoms with E-state index in [4.69, 9.17) is 0 Å². The molecule has 1 saturated heterocycles. The number of carbonyl (C=O) groups excluding carboxylic acids is 1. The maximum atomic E-state index is 12.8. The van der Waals surface area contributed by atoms with Gasteiger partial charge < -0.3 is 5.32 Å². The number of nitrogens with one attached hydrogen (secondary N) is 1. The highest BCUT2D eigenvalue weighted by Crippen LogP contribution is 2.26. The van der Waals surface area contributed by atoms with Gasteiger partial charge in [0.05, 0.1) is 11.7 Å². The first-order chi connectivity index (χ1) is 13.4. The van der Waals surface area contributed by atoms with Crippen molar-refractivity contribution in [1.29, 1.82) is 0 Å². The summed E-state index contributed by atoms with van der Waals surface area (Å²) in [6, 6.07) is 16.9. The van der Waals surface area contributed by atoms with Gasteiger partial charge in [0.15, 0.2) is 0 Å². The molecule has 1 fully saturated rings. The molecule has 0 unspecified atom stereocenters. The van der Waals surface area contributed by atoms with Crippen LogP contribution in [0.15, 0.2) is 54.6 Å². The zero-order chi connectivity index (χ0) is 20.1. The lowest BCUT2D eigenvalue weighted by atomic mass is 9.97. The lowest BCUT2D eigenvalue weighted by molar-refractivity contribution is -0.120. The average Bonchev–Trinajstić information content (AvgIpc) is 2.69. The predicted octanol–water partition coefficient (Wildman–Crippen LogP) is 3.99. The van der Waals surface area contributed by atoms with Crippen molar-refractivity contribution >= 4 is 21.6 Å². The van der Waals surface area contributed by atoms with Crippen LogP contribution in [0, 0.1) is 5.92 Å². The molecule has 0 bridgehead atoms. The molecule has 28 heavy (non-hydrogen) atoms. The molecule has 1 aliphatic rings. The first kappa shape index (κ1) is 20.6. The second kappa shape index (κ2) is 8.88. The average molecular weight is 401 g/mol. The number of hydrogen-bond donors (Lipinski definition) is 1. The van der Waals surface area contributed by atoms with Gasteiger partial charge in [-0.05, 0) is 36.0 Å². The van der Waals surface area contributed by atoms with Crippen LogP contribution in [0.4, 0.5) is 5.69 Å². The zero-order valence-electron chi connectivity index (χ0n) is 16.5. The molecule has 0 aromatic heterocycles. The van der Waals surface area contributed by atoms with Crippen LogP contribution in [-0.2, 0) is 20.6 Å². The van der Waals surface area contributed by atoms with Crippen molar-refractivity contribution in [2.75, 3.05) is 18.4 Å². The maximum absolute atomic E-state index is 12.8. The molecule has 0 spiro atoms. The normalized spacial score (nSPS) is 18.2. The van der Waals surface area contributed by atoms with Crippen molar-refractivity contribution in [3.05, 3.63) is 65.7 Å². The van der Waals surface area contributed by atoms with Crippen LogP contribution in [0.2, 0.25) is 0 Å². The Hall–Kier alpha value is -2.18. The summed E-state index contributed by atoms with van der Waals surface area (Å²) in [4.78, 5) is 12.8. The fraction of sp³-hybridized carbons (Fsp3) is 0.409. The van der Waals surface area contributed by atoms with E-state index in [0.717, 1.165) is 16.8 Å². The summed E-state index contributed by atoms with van der Waals surface area (Å²) >= 11 is 0. The number of nitrogens with zero attached hydrogens (tertiary/aromatic N) is 1. The summed E-state index contributed by atoms with van der Waals surface area (Å²) in [5.74, 6) is -0.170. The van der Waals surface area contributed by atoms with Gasteiger partial charge in [-0.3, -0.25) is 4.79 Å². The summed E-state index contributed by atoms with van der Waals surface area (Å²) < 4.78 is 27.1. The van der Waals surface area contributed by atoms with Crippen LogP contribution in [0.25, 0.3) is 0 Å². The fourth-order valence-corrected chi connectivity index (χ4v) is 5.24. The minimum atomic E-state index is -3.44. The molecule has 150 valence electrons. The van der Waals surface area contributed by atoms with E-state index >= 15 is 0 Å². The molecule has 1 aliphatic heterocycles. The topological polar surface area (TPSA) is 66.5 Å². The van der Waals surface area contributed by atoms with Gasteiger partial charge in [-0.1, -0.05) is 62.4 Å². The molecular weight excluding hydrogens is 372 g/mol. The molecule has 0 radical (unpaired) electrons. The molecular formula is C22H28N2O3S. The molecule has 1 N–H and O–H groups in total. The smallest absolute Gasteiger partial charge is 0.228 e. The van der Waals surface area contributed by atoms with Crippen LogP contribution >= 0.6 is 0 Å². The van der Waals surface area contributed by atoms with Gasteiger partial charge in [0.1, 0.15) is 0 Å². The Balaban J connectivity index is 1.68. The number of sulfonamides is 1. The van der Waals surface area contributed by atoms with Gasteiger partial charge in [-0.2, -0.15) is 0 Å². The Kier molecular flexibility index (Phi) is 6.52. The summed E-state index contributed by atoms with van der Waals surface area (Å²) in [5.41, 5.74) is 2.66. The van der Waals surface area contributed by atoms with Crippen molar-refractivity contribution < 1.29 is 13.2 Å². The first-order valence-electron chi connectivity index (χ1n) is 9.78. The zero-order valence-corrected chi connectivity index (χ0v) is 17.3. The molecule has 1 heterocycles. The van der Waals surface area contributed by atoms with E-state index in [0.29, 0.717) is 25.3 Å². The molecule has 0 aliphatic carbocycles. The highest BCUT2D eigenvalue weighted by atomic mass is 32.2. The quantitative estimate of drug-likeness (QED) is 0.797. The minimum absolute atomic E-state index is 0.0294. The number of rotatable bonds is 6. The van der Waals surface area contributed by atoms with Crippen LogP contribution < -0.4 is 5.32 Å². The second-order valence-corrected chi connectivity index (χ2v) is 9.64. The number of anilines is 1. The van der Waals surface area contributed by atoms with E-state index in [1.165, 1.54) is 4.31 Å². The van der Waals surface area contributed by atoms with Crippen molar-refractivity contribution in [3.8, 4) is 0 Å². The molecule has 6 heteroatoms. The van der Waals surface area contributed by atoms with Crippen LogP contribution in [0.5, 0.6) is 0 Å². The molecule has 3 rings (SSSR count).